The van der Waals surface area contributed by atoms with E-state index in [0.29, 0.717) is 6.54 Å². The molecule has 0 bridgehead atoms. The highest BCUT2D eigenvalue weighted by atomic mass is 32.2. The molecule has 0 aromatic carbocycles. The summed E-state index contributed by atoms with van der Waals surface area (Å²) in [6, 6.07) is -0.732. The summed E-state index contributed by atoms with van der Waals surface area (Å²) in [5.41, 5.74) is 5.86. The minimum atomic E-state index is -3.06. The smallest absolute Gasteiger partial charge is 0.236 e. The normalized spacial score (nSPS) is 20.6. The maximum atomic E-state index is 11.7. The van der Waals surface area contributed by atoms with Crippen LogP contribution in [-0.4, -0.2) is 38.9 Å². The zero-order valence-electron chi connectivity index (χ0n) is 11.2. The third kappa shape index (κ3) is 5.35. The van der Waals surface area contributed by atoms with Crippen molar-refractivity contribution in [2.24, 2.45) is 11.1 Å². The van der Waals surface area contributed by atoms with Gasteiger partial charge < -0.3 is 11.1 Å². The van der Waals surface area contributed by atoms with Crippen molar-refractivity contribution < 1.29 is 13.2 Å². The number of nitrogens with one attached hydrogen (secondary N) is 1. The second kappa shape index (κ2) is 6.02. The summed E-state index contributed by atoms with van der Waals surface area (Å²) in [4.78, 5) is 11.7. The number of hydrogen-bond donors (Lipinski definition) is 2. The number of hydrogen-bond acceptors (Lipinski definition) is 4. The third-order valence-electron chi connectivity index (χ3n) is 3.64. The lowest BCUT2D eigenvalue weighted by molar-refractivity contribution is -0.122. The van der Waals surface area contributed by atoms with Gasteiger partial charge in [0.25, 0.3) is 0 Å². The molecule has 1 atom stereocenters. The Morgan fingerprint density at radius 1 is 1.39 bits per heavy atom. The van der Waals surface area contributed by atoms with E-state index in [-0.39, 0.29) is 23.5 Å². The number of sulfone groups is 1. The Balaban J connectivity index is 2.31. The Morgan fingerprint density at radius 2 is 1.94 bits per heavy atom. The molecule has 1 saturated carbocycles. The third-order valence-corrected chi connectivity index (χ3v) is 4.61. The molecule has 1 fully saturated rings. The Hall–Kier alpha value is -0.620. The Morgan fingerprint density at radius 3 is 2.44 bits per heavy atom. The first-order valence-electron chi connectivity index (χ1n) is 6.43. The van der Waals surface area contributed by atoms with Crippen molar-refractivity contribution >= 4 is 15.7 Å². The molecule has 0 heterocycles. The van der Waals surface area contributed by atoms with Crippen LogP contribution in [0.1, 0.15) is 39.0 Å². The molecule has 1 aliphatic carbocycles. The minimum Gasteiger partial charge on any atom is -0.354 e. The van der Waals surface area contributed by atoms with Crippen LogP contribution >= 0.6 is 0 Å². The predicted octanol–water partition coefficient (Wildman–Crippen LogP) is 0.445. The van der Waals surface area contributed by atoms with Crippen molar-refractivity contribution in [3.8, 4) is 0 Å². The van der Waals surface area contributed by atoms with Crippen LogP contribution in [-0.2, 0) is 14.6 Å². The van der Waals surface area contributed by atoms with Gasteiger partial charge in [0, 0.05) is 12.8 Å². The van der Waals surface area contributed by atoms with Gasteiger partial charge in [-0.25, -0.2) is 8.42 Å². The Labute approximate surface area is 109 Å². The number of amides is 1. The summed E-state index contributed by atoms with van der Waals surface area (Å²) in [6.07, 6.45) is 6.02. The summed E-state index contributed by atoms with van der Waals surface area (Å²) in [7, 11) is -3.06. The molecule has 0 radical (unpaired) electrons. The van der Waals surface area contributed by atoms with Gasteiger partial charge in [-0.1, -0.05) is 19.8 Å². The van der Waals surface area contributed by atoms with Crippen LogP contribution in [0.4, 0.5) is 0 Å². The average molecular weight is 276 g/mol. The van der Waals surface area contributed by atoms with Crippen LogP contribution < -0.4 is 11.1 Å². The molecule has 5 nitrogen and oxygen atoms in total. The highest BCUT2D eigenvalue weighted by Gasteiger charge is 2.29. The highest BCUT2D eigenvalue weighted by molar-refractivity contribution is 7.90. The van der Waals surface area contributed by atoms with Crippen LogP contribution in [0.5, 0.6) is 0 Å². The fraction of sp³-hybridized carbons (Fsp3) is 0.917. The van der Waals surface area contributed by atoms with Crippen molar-refractivity contribution in [2.75, 3.05) is 18.6 Å². The first-order chi connectivity index (χ1) is 8.22. The molecule has 1 rings (SSSR count). The quantitative estimate of drug-likeness (QED) is 0.737. The summed E-state index contributed by atoms with van der Waals surface area (Å²) in [5.74, 6) is -0.287. The van der Waals surface area contributed by atoms with E-state index in [1.807, 2.05) is 0 Å². The molecule has 3 N–H and O–H groups in total. The number of carbonyl (C=O) groups is 1. The Kier molecular flexibility index (Phi) is 5.16. The number of rotatable bonds is 6. The minimum absolute atomic E-state index is 0.0428. The molecule has 0 aromatic rings. The van der Waals surface area contributed by atoms with Crippen molar-refractivity contribution in [3.63, 3.8) is 0 Å². The number of carbonyl (C=O) groups excluding carboxylic acids is 1. The monoisotopic (exact) mass is 276 g/mol. The van der Waals surface area contributed by atoms with Gasteiger partial charge in [-0.2, -0.15) is 0 Å². The maximum absolute atomic E-state index is 11.7. The molecule has 1 aliphatic rings. The number of nitrogens with two attached hydrogens (primary N) is 1. The molecule has 0 spiro atoms. The van der Waals surface area contributed by atoms with E-state index in [2.05, 4.69) is 12.2 Å². The Bertz CT molecular complexity index is 386. The fourth-order valence-electron chi connectivity index (χ4n) is 2.31. The van der Waals surface area contributed by atoms with Gasteiger partial charge >= 0.3 is 0 Å². The molecule has 6 heteroatoms. The second-order valence-corrected chi connectivity index (χ2v) is 8.02. The molecular formula is C12H24N2O3S. The van der Waals surface area contributed by atoms with Crippen LogP contribution in [0, 0.1) is 5.41 Å². The summed E-state index contributed by atoms with van der Waals surface area (Å²) in [5, 5.41) is 2.84. The fourth-order valence-corrected chi connectivity index (χ4v) is 2.99. The zero-order chi connectivity index (χ0) is 13.8. The molecule has 1 amide bonds. The predicted molar refractivity (Wildman–Crippen MR) is 71.9 cm³/mol. The maximum Gasteiger partial charge on any atom is 0.236 e. The first kappa shape index (κ1) is 15.4. The molecule has 1 unspecified atom stereocenters. The van der Waals surface area contributed by atoms with Gasteiger partial charge in [-0.05, 0) is 24.7 Å². The van der Waals surface area contributed by atoms with Gasteiger partial charge in [0.1, 0.15) is 9.84 Å². The van der Waals surface area contributed by atoms with Crippen LogP contribution in [0.3, 0.4) is 0 Å². The standard InChI is InChI=1S/C12H24N2O3S/c1-12(6-3-4-7-12)9-14-11(15)10(13)5-8-18(2,16)17/h10H,3-9,13H2,1-2H3,(H,14,15). The SMILES string of the molecule is CC1(CNC(=O)C(N)CCS(C)(=O)=O)CCCC1. The molecule has 0 saturated heterocycles. The highest BCUT2D eigenvalue weighted by Crippen LogP contribution is 2.36. The summed E-state index contributed by atoms with van der Waals surface area (Å²) < 4.78 is 22.0. The van der Waals surface area contributed by atoms with E-state index in [0.717, 1.165) is 19.1 Å². The van der Waals surface area contributed by atoms with Crippen molar-refractivity contribution in [1.29, 1.82) is 0 Å². The lowest BCUT2D eigenvalue weighted by Gasteiger charge is -2.24. The van der Waals surface area contributed by atoms with Crippen LogP contribution in [0.2, 0.25) is 0 Å². The first-order valence-corrected chi connectivity index (χ1v) is 8.49. The van der Waals surface area contributed by atoms with E-state index >= 15 is 0 Å². The van der Waals surface area contributed by atoms with E-state index < -0.39 is 15.9 Å². The van der Waals surface area contributed by atoms with E-state index in [4.69, 9.17) is 5.73 Å². The zero-order valence-corrected chi connectivity index (χ0v) is 12.1. The van der Waals surface area contributed by atoms with Crippen molar-refractivity contribution in [3.05, 3.63) is 0 Å². The van der Waals surface area contributed by atoms with E-state index in [1.165, 1.54) is 12.8 Å². The molecule has 18 heavy (non-hydrogen) atoms. The molecular weight excluding hydrogens is 252 g/mol. The second-order valence-electron chi connectivity index (χ2n) is 5.76. The molecule has 0 aliphatic heterocycles. The van der Waals surface area contributed by atoms with Crippen LogP contribution in [0.25, 0.3) is 0 Å². The van der Waals surface area contributed by atoms with Gasteiger partial charge in [-0.3, -0.25) is 4.79 Å². The van der Waals surface area contributed by atoms with Gasteiger partial charge in [0.2, 0.25) is 5.91 Å². The lowest BCUT2D eigenvalue weighted by Crippen LogP contribution is -2.44. The van der Waals surface area contributed by atoms with Gasteiger partial charge in [0.15, 0.2) is 0 Å². The summed E-state index contributed by atoms with van der Waals surface area (Å²) >= 11 is 0. The topological polar surface area (TPSA) is 89.3 Å². The summed E-state index contributed by atoms with van der Waals surface area (Å²) in [6.45, 7) is 2.81. The molecule has 106 valence electrons. The molecule has 0 aromatic heterocycles. The van der Waals surface area contributed by atoms with Gasteiger partial charge in [-0.15, -0.1) is 0 Å². The van der Waals surface area contributed by atoms with Crippen molar-refractivity contribution in [1.82, 2.24) is 5.32 Å². The largest absolute Gasteiger partial charge is 0.354 e. The van der Waals surface area contributed by atoms with Crippen LogP contribution in [0.15, 0.2) is 0 Å². The van der Waals surface area contributed by atoms with Crippen molar-refractivity contribution in [2.45, 2.75) is 45.1 Å². The van der Waals surface area contributed by atoms with Gasteiger partial charge in [0.05, 0.1) is 11.8 Å². The van der Waals surface area contributed by atoms with E-state index in [9.17, 15) is 13.2 Å². The lowest BCUT2D eigenvalue weighted by atomic mass is 9.89. The average Bonchev–Trinajstić information content (AvgIpc) is 2.69. The van der Waals surface area contributed by atoms with E-state index in [1.54, 1.807) is 0 Å².